The van der Waals surface area contributed by atoms with Gasteiger partial charge in [-0.25, -0.2) is 0 Å². The van der Waals surface area contributed by atoms with E-state index in [0.29, 0.717) is 6.61 Å². The topological polar surface area (TPSA) is 61.7 Å². The summed E-state index contributed by atoms with van der Waals surface area (Å²) in [5, 5.41) is 21.6. The van der Waals surface area contributed by atoms with Crippen molar-refractivity contribution >= 4 is 0 Å². The Hall–Kier alpha value is -0.160. The molecule has 0 saturated carbocycles. The quantitative estimate of drug-likeness (QED) is 0.448. The molecular weight excluding hydrogens is 146 g/mol. The van der Waals surface area contributed by atoms with Gasteiger partial charge in [0.1, 0.15) is 6.10 Å². The van der Waals surface area contributed by atoms with Gasteiger partial charge in [-0.1, -0.05) is 0 Å². The summed E-state index contributed by atoms with van der Waals surface area (Å²) in [5.41, 5.74) is 0. The molecule has 0 aliphatic carbocycles. The van der Waals surface area contributed by atoms with Crippen molar-refractivity contribution in [1.29, 1.82) is 0 Å². The SMILES string of the molecule is CN[C@H]1COC(C)[C@H](O)[C@@H]1O. The van der Waals surface area contributed by atoms with Crippen LogP contribution < -0.4 is 5.32 Å². The normalized spacial score (nSPS) is 45.8. The fourth-order valence-corrected chi connectivity index (χ4v) is 1.22. The predicted octanol–water partition coefficient (Wildman–Crippen LogP) is -1.29. The molecule has 1 fully saturated rings. The molecule has 0 amide bonds. The Morgan fingerprint density at radius 3 is 2.55 bits per heavy atom. The van der Waals surface area contributed by atoms with E-state index in [1.807, 2.05) is 0 Å². The number of nitrogens with one attached hydrogen (secondary N) is 1. The molecule has 0 bridgehead atoms. The van der Waals surface area contributed by atoms with Gasteiger partial charge in [0, 0.05) is 0 Å². The van der Waals surface area contributed by atoms with E-state index in [2.05, 4.69) is 5.32 Å². The Kier molecular flexibility index (Phi) is 2.84. The van der Waals surface area contributed by atoms with Crippen LogP contribution in [0.3, 0.4) is 0 Å². The molecule has 0 aromatic heterocycles. The van der Waals surface area contributed by atoms with Crippen molar-refractivity contribution in [3.8, 4) is 0 Å². The molecule has 1 heterocycles. The van der Waals surface area contributed by atoms with E-state index in [1.54, 1.807) is 14.0 Å². The molecule has 1 aliphatic rings. The summed E-state index contributed by atoms with van der Waals surface area (Å²) in [5.74, 6) is 0. The zero-order valence-corrected chi connectivity index (χ0v) is 6.82. The molecule has 1 unspecified atom stereocenters. The molecule has 66 valence electrons. The highest BCUT2D eigenvalue weighted by Crippen LogP contribution is 2.14. The lowest BCUT2D eigenvalue weighted by Crippen LogP contribution is -2.56. The first kappa shape index (κ1) is 8.93. The first-order valence-electron chi connectivity index (χ1n) is 3.82. The Morgan fingerprint density at radius 1 is 1.36 bits per heavy atom. The van der Waals surface area contributed by atoms with Crippen molar-refractivity contribution in [2.45, 2.75) is 31.3 Å². The maximum Gasteiger partial charge on any atom is 0.107 e. The van der Waals surface area contributed by atoms with Crippen molar-refractivity contribution in [1.82, 2.24) is 5.32 Å². The third kappa shape index (κ3) is 1.70. The highest BCUT2D eigenvalue weighted by atomic mass is 16.5. The van der Waals surface area contributed by atoms with Crippen LogP contribution in [-0.4, -0.2) is 48.2 Å². The van der Waals surface area contributed by atoms with Gasteiger partial charge >= 0.3 is 0 Å². The molecule has 4 atom stereocenters. The molecule has 1 rings (SSSR count). The lowest BCUT2D eigenvalue weighted by atomic mass is 9.99. The molecule has 1 saturated heterocycles. The molecule has 0 aromatic rings. The van der Waals surface area contributed by atoms with Crippen molar-refractivity contribution in [2.24, 2.45) is 0 Å². The minimum Gasteiger partial charge on any atom is -0.389 e. The van der Waals surface area contributed by atoms with Crippen LogP contribution in [-0.2, 0) is 4.74 Å². The number of aliphatic hydroxyl groups is 2. The van der Waals surface area contributed by atoms with Crippen molar-refractivity contribution in [3.63, 3.8) is 0 Å². The summed E-state index contributed by atoms with van der Waals surface area (Å²) in [4.78, 5) is 0. The lowest BCUT2D eigenvalue weighted by molar-refractivity contribution is -0.142. The summed E-state index contributed by atoms with van der Waals surface area (Å²) in [6.07, 6.45) is -1.76. The molecular formula is C7H15NO3. The standard InChI is InChI=1S/C7H15NO3/c1-4-6(9)7(10)5(8-2)3-11-4/h4-10H,3H2,1-2H3/t4?,5-,6-,7+/m0/s1. The van der Waals surface area contributed by atoms with E-state index in [9.17, 15) is 10.2 Å². The zero-order valence-electron chi connectivity index (χ0n) is 6.82. The van der Waals surface area contributed by atoms with E-state index < -0.39 is 12.2 Å². The maximum absolute atomic E-state index is 9.42. The van der Waals surface area contributed by atoms with Crippen LogP contribution >= 0.6 is 0 Å². The third-order valence-corrected chi connectivity index (χ3v) is 2.15. The predicted molar refractivity (Wildman–Crippen MR) is 40.3 cm³/mol. The summed E-state index contributed by atoms with van der Waals surface area (Å²) >= 11 is 0. The highest BCUT2D eigenvalue weighted by molar-refractivity contribution is 4.87. The second-order valence-electron chi connectivity index (χ2n) is 2.91. The molecule has 3 N–H and O–H groups in total. The summed E-state index contributed by atoms with van der Waals surface area (Å²) in [6, 6.07) is -0.152. The fraction of sp³-hybridized carbons (Fsp3) is 1.00. The molecule has 0 radical (unpaired) electrons. The van der Waals surface area contributed by atoms with E-state index in [0.717, 1.165) is 0 Å². The van der Waals surface area contributed by atoms with Crippen LogP contribution in [0.1, 0.15) is 6.92 Å². The molecule has 0 spiro atoms. The van der Waals surface area contributed by atoms with Gasteiger partial charge < -0.3 is 20.3 Å². The molecule has 11 heavy (non-hydrogen) atoms. The lowest BCUT2D eigenvalue weighted by Gasteiger charge is -2.35. The number of hydrogen-bond donors (Lipinski definition) is 3. The molecule has 1 aliphatic heterocycles. The minimum atomic E-state index is -0.777. The minimum absolute atomic E-state index is 0.152. The third-order valence-electron chi connectivity index (χ3n) is 2.15. The second kappa shape index (κ2) is 3.49. The van der Waals surface area contributed by atoms with Crippen molar-refractivity contribution < 1.29 is 14.9 Å². The van der Waals surface area contributed by atoms with Crippen LogP contribution in [0.4, 0.5) is 0 Å². The smallest absolute Gasteiger partial charge is 0.107 e. The summed E-state index contributed by atoms with van der Waals surface area (Å²) < 4.78 is 5.19. The zero-order chi connectivity index (χ0) is 8.43. The van der Waals surface area contributed by atoms with Crippen LogP contribution in [0.2, 0.25) is 0 Å². The van der Waals surface area contributed by atoms with Crippen LogP contribution in [0.5, 0.6) is 0 Å². The largest absolute Gasteiger partial charge is 0.389 e. The Bertz CT molecular complexity index is 129. The Morgan fingerprint density at radius 2 is 2.00 bits per heavy atom. The Labute approximate surface area is 66.2 Å². The van der Waals surface area contributed by atoms with Crippen molar-refractivity contribution in [2.75, 3.05) is 13.7 Å². The van der Waals surface area contributed by atoms with Crippen LogP contribution in [0.25, 0.3) is 0 Å². The van der Waals surface area contributed by atoms with E-state index in [-0.39, 0.29) is 12.1 Å². The average molecular weight is 161 g/mol. The maximum atomic E-state index is 9.42. The number of ether oxygens (including phenoxy) is 1. The van der Waals surface area contributed by atoms with E-state index in [1.165, 1.54) is 0 Å². The number of aliphatic hydroxyl groups excluding tert-OH is 2. The second-order valence-corrected chi connectivity index (χ2v) is 2.91. The summed E-state index contributed by atoms with van der Waals surface area (Å²) in [6.45, 7) is 2.20. The van der Waals surface area contributed by atoms with Crippen LogP contribution in [0, 0.1) is 0 Å². The van der Waals surface area contributed by atoms with Gasteiger partial charge in [0.2, 0.25) is 0 Å². The van der Waals surface area contributed by atoms with Crippen molar-refractivity contribution in [3.05, 3.63) is 0 Å². The molecule has 4 heteroatoms. The number of likely N-dealkylation sites (N-methyl/N-ethyl adjacent to an activating group) is 1. The van der Waals surface area contributed by atoms with Gasteiger partial charge in [-0.15, -0.1) is 0 Å². The molecule has 0 aromatic carbocycles. The van der Waals surface area contributed by atoms with E-state index >= 15 is 0 Å². The van der Waals surface area contributed by atoms with E-state index in [4.69, 9.17) is 4.74 Å². The fourth-order valence-electron chi connectivity index (χ4n) is 1.22. The number of rotatable bonds is 1. The number of hydrogen-bond acceptors (Lipinski definition) is 4. The van der Waals surface area contributed by atoms with Gasteiger partial charge in [-0.05, 0) is 14.0 Å². The van der Waals surface area contributed by atoms with Crippen LogP contribution in [0.15, 0.2) is 0 Å². The Balaban J connectivity index is 2.52. The van der Waals surface area contributed by atoms with Gasteiger partial charge in [0.05, 0.1) is 24.9 Å². The van der Waals surface area contributed by atoms with Gasteiger partial charge in [-0.2, -0.15) is 0 Å². The first-order valence-corrected chi connectivity index (χ1v) is 3.82. The average Bonchev–Trinajstić information content (AvgIpc) is 2.01. The van der Waals surface area contributed by atoms with Gasteiger partial charge in [0.15, 0.2) is 0 Å². The monoisotopic (exact) mass is 161 g/mol. The molecule has 4 nitrogen and oxygen atoms in total. The van der Waals surface area contributed by atoms with Gasteiger partial charge in [-0.3, -0.25) is 0 Å². The van der Waals surface area contributed by atoms with Gasteiger partial charge in [0.25, 0.3) is 0 Å². The highest BCUT2D eigenvalue weighted by Gasteiger charge is 2.34. The summed E-state index contributed by atoms with van der Waals surface area (Å²) in [7, 11) is 1.74. The first-order chi connectivity index (χ1) is 5.16.